The highest BCUT2D eigenvalue weighted by molar-refractivity contribution is 6.10. The van der Waals surface area contributed by atoms with E-state index in [4.69, 9.17) is 9.47 Å². The van der Waals surface area contributed by atoms with Gasteiger partial charge in [0.15, 0.2) is 0 Å². The second-order valence-electron chi connectivity index (χ2n) is 7.16. The van der Waals surface area contributed by atoms with E-state index in [0.29, 0.717) is 23.8 Å². The molecule has 0 aromatic heterocycles. The van der Waals surface area contributed by atoms with E-state index >= 15 is 0 Å². The van der Waals surface area contributed by atoms with Crippen LogP contribution in [0.4, 0.5) is 5.69 Å². The molecule has 1 aliphatic rings. The predicted octanol–water partition coefficient (Wildman–Crippen LogP) is 3.94. The number of methoxy groups -OCH3 is 1. The quantitative estimate of drug-likeness (QED) is 0.574. The lowest BCUT2D eigenvalue weighted by atomic mass is 10.1. The summed E-state index contributed by atoms with van der Waals surface area (Å²) >= 11 is 0. The van der Waals surface area contributed by atoms with Gasteiger partial charge in [0.05, 0.1) is 25.4 Å². The van der Waals surface area contributed by atoms with Crippen LogP contribution in [-0.4, -0.2) is 38.2 Å². The molecule has 1 aliphatic heterocycles. The van der Waals surface area contributed by atoms with Gasteiger partial charge in [0.2, 0.25) is 5.96 Å². The maximum absolute atomic E-state index is 12.8. The van der Waals surface area contributed by atoms with E-state index in [9.17, 15) is 4.79 Å². The number of ether oxygens (including phenoxy) is 2. The van der Waals surface area contributed by atoms with E-state index < -0.39 is 0 Å². The first-order valence-electron chi connectivity index (χ1n) is 10.1. The predicted molar refractivity (Wildman–Crippen MR) is 116 cm³/mol. The number of benzene rings is 2. The third kappa shape index (κ3) is 5.81. The Hall–Kier alpha value is -2.86. The van der Waals surface area contributed by atoms with Gasteiger partial charge in [-0.3, -0.25) is 10.1 Å². The summed E-state index contributed by atoms with van der Waals surface area (Å²) in [4.78, 5) is 17.4. The van der Waals surface area contributed by atoms with Gasteiger partial charge >= 0.3 is 0 Å². The summed E-state index contributed by atoms with van der Waals surface area (Å²) < 4.78 is 11.1. The molecule has 2 N–H and O–H groups in total. The molecule has 0 saturated carbocycles. The van der Waals surface area contributed by atoms with Crippen molar-refractivity contribution in [3.8, 4) is 5.75 Å². The molecule has 1 saturated heterocycles. The van der Waals surface area contributed by atoms with Crippen molar-refractivity contribution >= 4 is 17.6 Å². The van der Waals surface area contributed by atoms with Crippen LogP contribution >= 0.6 is 0 Å². The van der Waals surface area contributed by atoms with Crippen molar-refractivity contribution in [2.24, 2.45) is 4.99 Å². The Labute approximate surface area is 172 Å². The summed E-state index contributed by atoms with van der Waals surface area (Å²) in [6, 6.07) is 13.4. The fraction of sp³-hybridized carbons (Fsp3) is 0.391. The first kappa shape index (κ1) is 20.9. The van der Waals surface area contributed by atoms with Gasteiger partial charge in [-0.05, 0) is 61.6 Å². The minimum Gasteiger partial charge on any atom is -0.495 e. The topological polar surface area (TPSA) is 72.0 Å². The number of aliphatic imine (C=N–C) groups is 1. The molecule has 154 valence electrons. The number of rotatable bonds is 6. The number of nitrogens with zero attached hydrogens (tertiary/aromatic N) is 1. The molecule has 0 spiro atoms. The van der Waals surface area contributed by atoms with Gasteiger partial charge in [0.1, 0.15) is 5.75 Å². The third-order valence-electron chi connectivity index (χ3n) is 4.94. The molecule has 0 unspecified atom stereocenters. The Balaban J connectivity index is 1.79. The van der Waals surface area contributed by atoms with E-state index in [1.165, 1.54) is 5.56 Å². The SMILES string of the molecule is CCc1ccc(C(=O)NC(=NC[C@@H]2CCCO2)Nc2cc(C)ccc2OC)cc1. The van der Waals surface area contributed by atoms with E-state index in [0.717, 1.165) is 37.1 Å². The standard InChI is InChI=1S/C23H29N3O3/c1-4-17-8-10-18(11-9-17)22(27)26-23(24-15-19-6-5-13-29-19)25-20-14-16(2)7-12-21(20)28-3/h7-12,14,19H,4-6,13,15H2,1-3H3,(H2,24,25,26,27)/t19-/m0/s1. The van der Waals surface area contributed by atoms with Gasteiger partial charge in [-0.2, -0.15) is 0 Å². The van der Waals surface area contributed by atoms with Gasteiger partial charge in [-0.1, -0.05) is 25.1 Å². The van der Waals surface area contributed by atoms with Crippen LogP contribution in [0.2, 0.25) is 0 Å². The third-order valence-corrected chi connectivity index (χ3v) is 4.94. The summed E-state index contributed by atoms with van der Waals surface area (Å²) in [6.45, 7) is 5.35. The fourth-order valence-electron chi connectivity index (χ4n) is 3.21. The Morgan fingerprint density at radius 1 is 1.24 bits per heavy atom. The molecule has 0 bridgehead atoms. The second-order valence-corrected chi connectivity index (χ2v) is 7.16. The number of anilines is 1. The number of hydrogen-bond donors (Lipinski definition) is 2. The number of carbonyl (C=O) groups excluding carboxylic acids is 1. The first-order chi connectivity index (χ1) is 14.1. The van der Waals surface area contributed by atoms with Crippen molar-refractivity contribution in [1.82, 2.24) is 5.32 Å². The maximum Gasteiger partial charge on any atom is 0.257 e. The molecule has 2 aromatic carbocycles. The number of hydrogen-bond acceptors (Lipinski definition) is 4. The summed E-state index contributed by atoms with van der Waals surface area (Å²) in [6.07, 6.45) is 3.05. The normalized spacial score (nSPS) is 16.5. The van der Waals surface area contributed by atoms with E-state index in [1.54, 1.807) is 7.11 Å². The number of nitrogens with one attached hydrogen (secondary N) is 2. The summed E-state index contributed by atoms with van der Waals surface area (Å²) in [5.74, 6) is 0.855. The monoisotopic (exact) mass is 395 g/mol. The highest BCUT2D eigenvalue weighted by Crippen LogP contribution is 2.25. The smallest absolute Gasteiger partial charge is 0.257 e. The van der Waals surface area contributed by atoms with Crippen LogP contribution in [0.3, 0.4) is 0 Å². The van der Waals surface area contributed by atoms with Crippen molar-refractivity contribution in [2.75, 3.05) is 25.6 Å². The lowest BCUT2D eigenvalue weighted by molar-refractivity contribution is 0.0975. The second kappa shape index (κ2) is 10.1. The summed E-state index contributed by atoms with van der Waals surface area (Å²) in [5, 5.41) is 6.13. The largest absolute Gasteiger partial charge is 0.495 e. The highest BCUT2D eigenvalue weighted by atomic mass is 16.5. The summed E-state index contributed by atoms with van der Waals surface area (Å²) in [5.41, 5.74) is 3.61. The van der Waals surface area contributed by atoms with Crippen molar-refractivity contribution in [3.05, 3.63) is 59.2 Å². The van der Waals surface area contributed by atoms with Crippen LogP contribution in [0.5, 0.6) is 5.75 Å². The van der Waals surface area contributed by atoms with Crippen LogP contribution in [0.25, 0.3) is 0 Å². The zero-order valence-electron chi connectivity index (χ0n) is 17.3. The van der Waals surface area contributed by atoms with Gasteiger partial charge < -0.3 is 14.8 Å². The Morgan fingerprint density at radius 2 is 2.03 bits per heavy atom. The number of aryl methyl sites for hydroxylation is 2. The van der Waals surface area contributed by atoms with Crippen molar-refractivity contribution in [3.63, 3.8) is 0 Å². The molecule has 6 heteroatoms. The molecular weight excluding hydrogens is 366 g/mol. The minimum atomic E-state index is -0.210. The van der Waals surface area contributed by atoms with Crippen molar-refractivity contribution in [2.45, 2.75) is 39.2 Å². The van der Waals surface area contributed by atoms with Crippen LogP contribution in [-0.2, 0) is 11.2 Å². The molecule has 0 radical (unpaired) electrons. The van der Waals surface area contributed by atoms with Crippen LogP contribution in [0, 0.1) is 6.92 Å². The lowest BCUT2D eigenvalue weighted by Gasteiger charge is -2.16. The van der Waals surface area contributed by atoms with E-state index in [-0.39, 0.29) is 12.0 Å². The molecule has 0 aliphatic carbocycles. The highest BCUT2D eigenvalue weighted by Gasteiger charge is 2.17. The van der Waals surface area contributed by atoms with Gasteiger partial charge in [0.25, 0.3) is 5.91 Å². The lowest BCUT2D eigenvalue weighted by Crippen LogP contribution is -2.37. The van der Waals surface area contributed by atoms with Crippen LogP contribution < -0.4 is 15.4 Å². The van der Waals surface area contributed by atoms with E-state index in [2.05, 4.69) is 22.5 Å². The number of guanidine groups is 1. The van der Waals surface area contributed by atoms with Crippen LogP contribution in [0.1, 0.15) is 41.3 Å². The van der Waals surface area contributed by atoms with Gasteiger partial charge in [-0.25, -0.2) is 4.99 Å². The molecular formula is C23H29N3O3. The fourth-order valence-corrected chi connectivity index (χ4v) is 3.21. The van der Waals surface area contributed by atoms with Crippen molar-refractivity contribution < 1.29 is 14.3 Å². The molecule has 3 rings (SSSR count). The zero-order valence-corrected chi connectivity index (χ0v) is 17.3. The Bertz CT molecular complexity index is 856. The van der Waals surface area contributed by atoms with E-state index in [1.807, 2.05) is 49.4 Å². The first-order valence-corrected chi connectivity index (χ1v) is 10.1. The molecule has 1 amide bonds. The number of carbonyl (C=O) groups is 1. The number of amides is 1. The molecule has 1 atom stereocenters. The summed E-state index contributed by atoms with van der Waals surface area (Å²) in [7, 11) is 1.62. The maximum atomic E-state index is 12.8. The molecule has 6 nitrogen and oxygen atoms in total. The van der Waals surface area contributed by atoms with Gasteiger partial charge in [-0.15, -0.1) is 0 Å². The Morgan fingerprint density at radius 3 is 2.69 bits per heavy atom. The average Bonchev–Trinajstić information content (AvgIpc) is 3.26. The van der Waals surface area contributed by atoms with Crippen LogP contribution in [0.15, 0.2) is 47.5 Å². The minimum absolute atomic E-state index is 0.0898. The zero-order chi connectivity index (χ0) is 20.6. The average molecular weight is 396 g/mol. The van der Waals surface area contributed by atoms with Crippen molar-refractivity contribution in [1.29, 1.82) is 0 Å². The molecule has 1 heterocycles. The molecule has 29 heavy (non-hydrogen) atoms. The molecule has 1 fully saturated rings. The Kier molecular flexibility index (Phi) is 7.25. The molecule has 2 aromatic rings. The van der Waals surface area contributed by atoms with Gasteiger partial charge in [0, 0.05) is 12.2 Å².